The van der Waals surface area contributed by atoms with E-state index in [9.17, 15) is 9.59 Å². The van der Waals surface area contributed by atoms with Crippen LogP contribution in [0.2, 0.25) is 0 Å². The van der Waals surface area contributed by atoms with Gasteiger partial charge in [-0.15, -0.1) is 6.58 Å². The Balaban J connectivity index is 2.78. The third kappa shape index (κ3) is 2.36. The molecule has 1 aliphatic rings. The van der Waals surface area contributed by atoms with E-state index in [4.69, 9.17) is 5.73 Å². The SMILES string of the molecule is C=CCN1[C@@H](C(=O)OC)CC[C@H]1C(N)=O. The zero-order valence-corrected chi connectivity index (χ0v) is 8.81. The third-order valence-corrected chi connectivity index (χ3v) is 2.66. The summed E-state index contributed by atoms with van der Waals surface area (Å²) in [7, 11) is 1.34. The second-order valence-corrected chi connectivity index (χ2v) is 3.52. The smallest absolute Gasteiger partial charge is 0.323 e. The molecule has 1 heterocycles. The van der Waals surface area contributed by atoms with Gasteiger partial charge < -0.3 is 10.5 Å². The minimum Gasteiger partial charge on any atom is -0.468 e. The molecule has 0 unspecified atom stereocenters. The summed E-state index contributed by atoms with van der Waals surface area (Å²) < 4.78 is 4.67. The lowest BCUT2D eigenvalue weighted by molar-refractivity contribution is -0.146. The molecule has 2 atom stereocenters. The fourth-order valence-corrected chi connectivity index (χ4v) is 1.96. The predicted molar refractivity (Wildman–Crippen MR) is 54.9 cm³/mol. The number of rotatable bonds is 4. The molecule has 0 spiro atoms. The van der Waals surface area contributed by atoms with E-state index in [0.717, 1.165) is 0 Å². The number of nitrogens with two attached hydrogens (primary N) is 1. The highest BCUT2D eigenvalue weighted by atomic mass is 16.5. The van der Waals surface area contributed by atoms with Gasteiger partial charge in [0.1, 0.15) is 6.04 Å². The Morgan fingerprint density at radius 3 is 2.60 bits per heavy atom. The first-order valence-corrected chi connectivity index (χ1v) is 4.85. The molecule has 1 saturated heterocycles. The molecule has 0 aromatic rings. The van der Waals surface area contributed by atoms with Crippen molar-refractivity contribution in [2.75, 3.05) is 13.7 Å². The Morgan fingerprint density at radius 2 is 2.13 bits per heavy atom. The van der Waals surface area contributed by atoms with Gasteiger partial charge in [-0.3, -0.25) is 14.5 Å². The standard InChI is InChI=1S/C10H16N2O3/c1-3-6-12-7(9(11)13)4-5-8(12)10(14)15-2/h3,7-8H,1,4-6H2,2H3,(H2,11,13)/t7-,8+/m0/s1. The van der Waals surface area contributed by atoms with E-state index < -0.39 is 5.91 Å². The first kappa shape index (κ1) is 11.7. The van der Waals surface area contributed by atoms with Gasteiger partial charge in [-0.05, 0) is 12.8 Å². The van der Waals surface area contributed by atoms with Gasteiger partial charge in [0.2, 0.25) is 5.91 Å². The summed E-state index contributed by atoms with van der Waals surface area (Å²) >= 11 is 0. The van der Waals surface area contributed by atoms with Crippen molar-refractivity contribution < 1.29 is 14.3 Å². The minimum atomic E-state index is -0.400. The Bertz CT molecular complexity index is 278. The van der Waals surface area contributed by atoms with E-state index in [0.29, 0.717) is 19.4 Å². The summed E-state index contributed by atoms with van der Waals surface area (Å²) in [4.78, 5) is 24.3. The molecule has 15 heavy (non-hydrogen) atoms. The maximum absolute atomic E-state index is 11.4. The number of likely N-dealkylation sites (tertiary alicyclic amines) is 1. The lowest BCUT2D eigenvalue weighted by atomic mass is 10.2. The van der Waals surface area contributed by atoms with Crippen LogP contribution in [0.5, 0.6) is 0 Å². The van der Waals surface area contributed by atoms with Crippen molar-refractivity contribution in [2.45, 2.75) is 24.9 Å². The molecule has 0 radical (unpaired) electrons. The molecule has 5 heteroatoms. The molecule has 0 bridgehead atoms. The molecular weight excluding hydrogens is 196 g/mol. The number of esters is 1. The number of methoxy groups -OCH3 is 1. The van der Waals surface area contributed by atoms with Crippen molar-refractivity contribution in [2.24, 2.45) is 5.73 Å². The molecule has 1 fully saturated rings. The van der Waals surface area contributed by atoms with Crippen molar-refractivity contribution in [1.29, 1.82) is 0 Å². The topological polar surface area (TPSA) is 72.6 Å². The maximum atomic E-state index is 11.4. The Hall–Kier alpha value is -1.36. The van der Waals surface area contributed by atoms with E-state index in [1.165, 1.54) is 7.11 Å². The molecular formula is C10H16N2O3. The van der Waals surface area contributed by atoms with Crippen molar-refractivity contribution in [3.8, 4) is 0 Å². The van der Waals surface area contributed by atoms with E-state index in [1.807, 2.05) is 0 Å². The van der Waals surface area contributed by atoms with E-state index in [1.54, 1.807) is 11.0 Å². The second-order valence-electron chi connectivity index (χ2n) is 3.52. The van der Waals surface area contributed by atoms with Crippen molar-refractivity contribution in [1.82, 2.24) is 4.90 Å². The highest BCUT2D eigenvalue weighted by Gasteiger charge is 2.40. The minimum absolute atomic E-state index is 0.319. The highest BCUT2D eigenvalue weighted by Crippen LogP contribution is 2.24. The van der Waals surface area contributed by atoms with Crippen LogP contribution in [-0.2, 0) is 14.3 Å². The number of carbonyl (C=O) groups excluding carboxylic acids is 2. The molecule has 0 saturated carbocycles. The van der Waals surface area contributed by atoms with Gasteiger partial charge in [-0.1, -0.05) is 6.08 Å². The van der Waals surface area contributed by atoms with Crippen LogP contribution in [0.3, 0.4) is 0 Å². The van der Waals surface area contributed by atoms with Crippen LogP contribution < -0.4 is 5.73 Å². The quantitative estimate of drug-likeness (QED) is 0.511. The van der Waals surface area contributed by atoms with Gasteiger partial charge in [0.05, 0.1) is 13.2 Å². The zero-order chi connectivity index (χ0) is 11.4. The molecule has 1 rings (SSSR count). The van der Waals surface area contributed by atoms with Gasteiger partial charge in [0.25, 0.3) is 0 Å². The summed E-state index contributed by atoms with van der Waals surface area (Å²) in [6, 6.07) is -0.752. The normalized spacial score (nSPS) is 26.2. The second kappa shape index (κ2) is 4.93. The predicted octanol–water partition coefficient (Wildman–Crippen LogP) is -0.336. The average molecular weight is 212 g/mol. The number of ether oxygens (including phenoxy) is 1. The summed E-state index contributed by atoms with van der Waals surface area (Å²) in [6.07, 6.45) is 2.86. The molecule has 0 aromatic heterocycles. The molecule has 5 nitrogen and oxygen atoms in total. The van der Waals surface area contributed by atoms with Crippen LogP contribution >= 0.6 is 0 Å². The lowest BCUT2D eigenvalue weighted by Gasteiger charge is -2.25. The van der Waals surface area contributed by atoms with Crippen molar-refractivity contribution in [3.05, 3.63) is 12.7 Å². The molecule has 1 aliphatic heterocycles. The van der Waals surface area contributed by atoms with Crippen LogP contribution in [0.15, 0.2) is 12.7 Å². The Kier molecular flexibility index (Phi) is 3.85. The first-order chi connectivity index (χ1) is 7.11. The lowest BCUT2D eigenvalue weighted by Crippen LogP contribution is -2.46. The summed E-state index contributed by atoms with van der Waals surface area (Å²) in [5.41, 5.74) is 5.26. The van der Waals surface area contributed by atoms with Gasteiger partial charge in [0.15, 0.2) is 0 Å². The number of amides is 1. The largest absolute Gasteiger partial charge is 0.468 e. The van der Waals surface area contributed by atoms with Gasteiger partial charge in [0, 0.05) is 6.54 Å². The summed E-state index contributed by atoms with van der Waals surface area (Å²) in [5.74, 6) is -0.719. The molecule has 0 aromatic carbocycles. The molecule has 0 aliphatic carbocycles. The van der Waals surface area contributed by atoms with Crippen molar-refractivity contribution >= 4 is 11.9 Å². The Morgan fingerprint density at radius 1 is 1.53 bits per heavy atom. The molecule has 1 amide bonds. The fourth-order valence-electron chi connectivity index (χ4n) is 1.96. The molecule has 2 N–H and O–H groups in total. The highest BCUT2D eigenvalue weighted by molar-refractivity contribution is 5.83. The van der Waals surface area contributed by atoms with Crippen LogP contribution in [0, 0.1) is 0 Å². The van der Waals surface area contributed by atoms with Crippen molar-refractivity contribution in [3.63, 3.8) is 0 Å². The van der Waals surface area contributed by atoms with Crippen LogP contribution in [0.1, 0.15) is 12.8 Å². The number of carbonyl (C=O) groups is 2. The number of hydrogen-bond acceptors (Lipinski definition) is 4. The van der Waals surface area contributed by atoms with Gasteiger partial charge in [-0.25, -0.2) is 0 Å². The van der Waals surface area contributed by atoms with E-state index in [-0.39, 0.29) is 18.1 Å². The van der Waals surface area contributed by atoms with E-state index >= 15 is 0 Å². The van der Waals surface area contributed by atoms with Crippen LogP contribution in [-0.4, -0.2) is 42.5 Å². The van der Waals surface area contributed by atoms with Gasteiger partial charge >= 0.3 is 5.97 Å². The number of hydrogen-bond donors (Lipinski definition) is 1. The molecule has 84 valence electrons. The maximum Gasteiger partial charge on any atom is 0.323 e. The zero-order valence-electron chi connectivity index (χ0n) is 8.81. The van der Waals surface area contributed by atoms with E-state index in [2.05, 4.69) is 11.3 Å². The van der Waals surface area contributed by atoms with Gasteiger partial charge in [-0.2, -0.15) is 0 Å². The average Bonchev–Trinajstić information content (AvgIpc) is 2.61. The van der Waals surface area contributed by atoms with Crippen LogP contribution in [0.25, 0.3) is 0 Å². The Labute approximate surface area is 88.9 Å². The van der Waals surface area contributed by atoms with Crippen LogP contribution in [0.4, 0.5) is 0 Å². The summed E-state index contributed by atoms with van der Waals surface area (Å²) in [6.45, 7) is 4.06. The first-order valence-electron chi connectivity index (χ1n) is 4.85. The monoisotopic (exact) mass is 212 g/mol. The fraction of sp³-hybridized carbons (Fsp3) is 0.600. The number of nitrogens with zero attached hydrogens (tertiary/aromatic N) is 1. The number of primary amides is 1. The third-order valence-electron chi connectivity index (χ3n) is 2.66. The summed E-state index contributed by atoms with van der Waals surface area (Å²) in [5, 5.41) is 0.